The van der Waals surface area contributed by atoms with Gasteiger partial charge in [-0.3, -0.25) is 9.69 Å². The van der Waals surface area contributed by atoms with Crippen molar-refractivity contribution in [2.75, 3.05) is 26.2 Å². The number of benzene rings is 1. The highest BCUT2D eigenvalue weighted by atomic mass is 32.2. The molecule has 1 aromatic carbocycles. The van der Waals surface area contributed by atoms with E-state index in [2.05, 4.69) is 4.90 Å². The predicted octanol–water partition coefficient (Wildman–Crippen LogP) is 1.38. The fraction of sp³-hybridized carbons (Fsp3) is 0.562. The van der Waals surface area contributed by atoms with Gasteiger partial charge in [-0.2, -0.15) is 4.31 Å². The maximum atomic E-state index is 12.6. The third kappa shape index (κ3) is 3.57. The van der Waals surface area contributed by atoms with Crippen molar-refractivity contribution in [2.24, 2.45) is 5.92 Å². The molecule has 126 valence electrons. The van der Waals surface area contributed by atoms with E-state index in [-0.39, 0.29) is 5.92 Å². The average molecular weight is 338 g/mol. The number of carbonyl (C=O) groups is 1. The lowest BCUT2D eigenvalue weighted by Crippen LogP contribution is -2.28. The van der Waals surface area contributed by atoms with Gasteiger partial charge in [0, 0.05) is 26.2 Å². The number of nitrogens with zero attached hydrogens (tertiary/aromatic N) is 2. The third-order valence-electron chi connectivity index (χ3n) is 4.63. The summed E-state index contributed by atoms with van der Waals surface area (Å²) in [6.07, 6.45) is 2.49. The number of hydrogen-bond donors (Lipinski definition) is 1. The van der Waals surface area contributed by atoms with Crippen LogP contribution in [0, 0.1) is 5.92 Å². The van der Waals surface area contributed by atoms with E-state index in [4.69, 9.17) is 5.11 Å². The molecule has 6 nitrogen and oxygen atoms in total. The molecule has 0 aromatic heterocycles. The Morgan fingerprint density at radius 2 is 1.96 bits per heavy atom. The SMILES string of the molecule is O=C(O)C1CCN(Cc2cccc(S(=O)(=O)N3CCCC3)c2)C1. The van der Waals surface area contributed by atoms with Crippen LogP contribution in [0.4, 0.5) is 0 Å². The predicted molar refractivity (Wildman–Crippen MR) is 85.5 cm³/mol. The van der Waals surface area contributed by atoms with Crippen molar-refractivity contribution in [3.05, 3.63) is 29.8 Å². The Kier molecular flexibility index (Phi) is 4.70. The molecule has 1 N–H and O–H groups in total. The zero-order chi connectivity index (χ0) is 16.4. The van der Waals surface area contributed by atoms with Crippen LogP contribution in [0.25, 0.3) is 0 Å². The Morgan fingerprint density at radius 1 is 1.22 bits per heavy atom. The van der Waals surface area contributed by atoms with Crippen molar-refractivity contribution < 1.29 is 18.3 Å². The molecule has 1 unspecified atom stereocenters. The highest BCUT2D eigenvalue weighted by molar-refractivity contribution is 7.89. The number of carboxylic acid groups (broad SMARTS) is 1. The molecule has 2 saturated heterocycles. The molecule has 2 fully saturated rings. The van der Waals surface area contributed by atoms with Crippen LogP contribution < -0.4 is 0 Å². The second kappa shape index (κ2) is 6.59. The summed E-state index contributed by atoms with van der Waals surface area (Å²) in [7, 11) is -3.40. The highest BCUT2D eigenvalue weighted by Crippen LogP contribution is 2.23. The first-order valence-corrected chi connectivity index (χ1v) is 9.45. The molecule has 1 atom stereocenters. The van der Waals surface area contributed by atoms with Crippen LogP contribution in [0.2, 0.25) is 0 Å². The summed E-state index contributed by atoms with van der Waals surface area (Å²) in [5.74, 6) is -1.07. The van der Waals surface area contributed by atoms with Gasteiger partial charge in [0.05, 0.1) is 10.8 Å². The first-order chi connectivity index (χ1) is 11.0. The smallest absolute Gasteiger partial charge is 0.307 e. The first-order valence-electron chi connectivity index (χ1n) is 8.01. The van der Waals surface area contributed by atoms with E-state index >= 15 is 0 Å². The van der Waals surface area contributed by atoms with E-state index in [1.54, 1.807) is 22.5 Å². The van der Waals surface area contributed by atoms with Crippen molar-refractivity contribution in [2.45, 2.75) is 30.7 Å². The van der Waals surface area contributed by atoms with Crippen molar-refractivity contribution in [3.63, 3.8) is 0 Å². The molecule has 0 amide bonds. The zero-order valence-corrected chi connectivity index (χ0v) is 13.8. The Hall–Kier alpha value is -1.44. The summed E-state index contributed by atoms with van der Waals surface area (Å²) in [4.78, 5) is 13.4. The molecule has 2 heterocycles. The Bertz CT molecular complexity index is 683. The van der Waals surface area contributed by atoms with E-state index in [1.807, 2.05) is 6.07 Å². The van der Waals surface area contributed by atoms with Crippen molar-refractivity contribution in [1.82, 2.24) is 9.21 Å². The van der Waals surface area contributed by atoms with Gasteiger partial charge < -0.3 is 5.11 Å². The van der Waals surface area contributed by atoms with Gasteiger partial charge in [0.15, 0.2) is 0 Å². The number of hydrogen-bond acceptors (Lipinski definition) is 4. The third-order valence-corrected chi connectivity index (χ3v) is 6.52. The molecule has 0 aliphatic carbocycles. The molecule has 7 heteroatoms. The molecular weight excluding hydrogens is 316 g/mol. The van der Waals surface area contributed by atoms with E-state index in [9.17, 15) is 13.2 Å². The molecule has 0 bridgehead atoms. The molecule has 0 radical (unpaired) electrons. The van der Waals surface area contributed by atoms with Crippen LogP contribution in [-0.4, -0.2) is 54.9 Å². The number of likely N-dealkylation sites (tertiary alicyclic amines) is 1. The van der Waals surface area contributed by atoms with Crippen molar-refractivity contribution >= 4 is 16.0 Å². The Morgan fingerprint density at radius 3 is 2.61 bits per heavy atom. The van der Waals surface area contributed by atoms with Crippen molar-refractivity contribution in [3.8, 4) is 0 Å². The van der Waals surface area contributed by atoms with Gasteiger partial charge in [0.25, 0.3) is 0 Å². The molecule has 0 saturated carbocycles. The molecular formula is C16H22N2O4S. The monoisotopic (exact) mass is 338 g/mol. The number of aliphatic carboxylic acids is 1. The fourth-order valence-corrected chi connectivity index (χ4v) is 4.91. The van der Waals surface area contributed by atoms with E-state index in [1.165, 1.54) is 0 Å². The number of sulfonamides is 1. The Balaban J connectivity index is 1.72. The minimum atomic E-state index is -3.40. The van der Waals surface area contributed by atoms with Gasteiger partial charge in [0.1, 0.15) is 0 Å². The quantitative estimate of drug-likeness (QED) is 0.877. The second-order valence-corrected chi connectivity index (χ2v) is 8.26. The van der Waals surface area contributed by atoms with E-state index in [0.717, 1.165) is 24.9 Å². The zero-order valence-electron chi connectivity index (χ0n) is 13.0. The summed E-state index contributed by atoms with van der Waals surface area (Å²) in [6, 6.07) is 7.03. The maximum Gasteiger partial charge on any atom is 0.307 e. The van der Waals surface area contributed by atoms with Crippen LogP contribution in [-0.2, 0) is 21.4 Å². The van der Waals surface area contributed by atoms with E-state index < -0.39 is 16.0 Å². The summed E-state index contributed by atoms with van der Waals surface area (Å²) >= 11 is 0. The normalized spacial score (nSPS) is 23.4. The second-order valence-electron chi connectivity index (χ2n) is 6.32. The summed E-state index contributed by atoms with van der Waals surface area (Å²) in [5.41, 5.74) is 0.913. The molecule has 0 spiro atoms. The van der Waals surface area contributed by atoms with Crippen LogP contribution >= 0.6 is 0 Å². The van der Waals surface area contributed by atoms with Crippen molar-refractivity contribution in [1.29, 1.82) is 0 Å². The summed E-state index contributed by atoms with van der Waals surface area (Å²) in [5, 5.41) is 9.06. The van der Waals surface area contributed by atoms with Gasteiger partial charge >= 0.3 is 5.97 Å². The number of carboxylic acids is 1. The van der Waals surface area contributed by atoms with E-state index in [0.29, 0.717) is 37.5 Å². The summed E-state index contributed by atoms with van der Waals surface area (Å²) in [6.45, 7) is 3.05. The minimum Gasteiger partial charge on any atom is -0.481 e. The lowest BCUT2D eigenvalue weighted by molar-refractivity contribution is -0.141. The van der Waals surface area contributed by atoms with Crippen LogP contribution in [0.1, 0.15) is 24.8 Å². The molecule has 3 rings (SSSR count). The Labute approximate surface area is 136 Å². The molecule has 23 heavy (non-hydrogen) atoms. The summed E-state index contributed by atoms with van der Waals surface area (Å²) < 4.78 is 26.7. The first kappa shape index (κ1) is 16.4. The molecule has 2 aliphatic rings. The maximum absolute atomic E-state index is 12.6. The lowest BCUT2D eigenvalue weighted by atomic mass is 10.1. The van der Waals surface area contributed by atoms with Crippen LogP contribution in [0.15, 0.2) is 29.2 Å². The van der Waals surface area contributed by atoms with Gasteiger partial charge in [-0.05, 0) is 43.5 Å². The number of rotatable bonds is 5. The fourth-order valence-electron chi connectivity index (χ4n) is 3.32. The van der Waals surface area contributed by atoms with Gasteiger partial charge in [-0.15, -0.1) is 0 Å². The largest absolute Gasteiger partial charge is 0.481 e. The highest BCUT2D eigenvalue weighted by Gasteiger charge is 2.29. The van der Waals surface area contributed by atoms with Crippen LogP contribution in [0.3, 0.4) is 0 Å². The standard InChI is InChI=1S/C16H22N2O4S/c19-16(20)14-6-9-17(12-14)11-13-4-3-5-15(10-13)23(21,22)18-7-1-2-8-18/h3-5,10,14H,1-2,6-9,11-12H2,(H,19,20). The van der Waals surface area contributed by atoms with Gasteiger partial charge in [-0.1, -0.05) is 12.1 Å². The lowest BCUT2D eigenvalue weighted by Gasteiger charge is -2.18. The average Bonchev–Trinajstić information content (AvgIpc) is 3.19. The topological polar surface area (TPSA) is 77.9 Å². The van der Waals surface area contributed by atoms with Gasteiger partial charge in [-0.25, -0.2) is 8.42 Å². The van der Waals surface area contributed by atoms with Crippen LogP contribution in [0.5, 0.6) is 0 Å². The molecule has 2 aliphatic heterocycles. The minimum absolute atomic E-state index is 0.313. The molecule has 1 aromatic rings. The van der Waals surface area contributed by atoms with Gasteiger partial charge in [0.2, 0.25) is 10.0 Å².